The molecule has 27 heavy (non-hydrogen) atoms. The van der Waals surface area contributed by atoms with Gasteiger partial charge in [0.1, 0.15) is 19.0 Å². The number of hydrogen-bond acceptors (Lipinski definition) is 5. The fourth-order valence-electron chi connectivity index (χ4n) is 2.20. The van der Waals surface area contributed by atoms with E-state index < -0.39 is 28.4 Å². The lowest BCUT2D eigenvalue weighted by Gasteiger charge is -2.16. The second-order valence-electron chi connectivity index (χ2n) is 5.76. The molecule has 0 heterocycles. The Kier molecular flexibility index (Phi) is 6.65. The van der Waals surface area contributed by atoms with Crippen LogP contribution < -0.4 is 5.32 Å². The number of carbonyl (C=O) groups excluding carboxylic acids is 2. The third kappa shape index (κ3) is 5.87. The number of halogens is 1. The van der Waals surface area contributed by atoms with E-state index in [1.54, 1.807) is 6.07 Å². The zero-order chi connectivity index (χ0) is 20.0. The number of likely N-dealkylation sites (N-methyl/N-ethyl adjacent to an activating group) is 1. The number of ether oxygens (including phenoxy) is 1. The van der Waals surface area contributed by atoms with Crippen molar-refractivity contribution < 1.29 is 27.1 Å². The Morgan fingerprint density at radius 2 is 1.81 bits per heavy atom. The van der Waals surface area contributed by atoms with Crippen molar-refractivity contribution in [2.75, 3.05) is 18.9 Å². The highest BCUT2D eigenvalue weighted by atomic mass is 32.2. The molecule has 1 N–H and O–H groups in total. The van der Waals surface area contributed by atoms with Gasteiger partial charge in [0.15, 0.2) is 0 Å². The van der Waals surface area contributed by atoms with Crippen molar-refractivity contribution in [3.63, 3.8) is 0 Å². The molecule has 0 unspecified atom stereocenters. The Morgan fingerprint density at radius 3 is 2.41 bits per heavy atom. The topological polar surface area (TPSA) is 92.8 Å². The van der Waals surface area contributed by atoms with E-state index in [4.69, 9.17) is 4.74 Å². The summed E-state index contributed by atoms with van der Waals surface area (Å²) in [5.74, 6) is -1.49. The van der Waals surface area contributed by atoms with E-state index in [2.05, 4.69) is 5.32 Å². The summed E-state index contributed by atoms with van der Waals surface area (Å²) >= 11 is 0. The Bertz CT molecular complexity index is 929. The minimum atomic E-state index is -3.91. The molecule has 0 saturated heterocycles. The highest BCUT2D eigenvalue weighted by Gasteiger charge is 2.23. The third-order valence-electron chi connectivity index (χ3n) is 3.52. The van der Waals surface area contributed by atoms with Crippen LogP contribution in [0.4, 0.5) is 10.1 Å². The van der Waals surface area contributed by atoms with Gasteiger partial charge in [0.05, 0.1) is 4.90 Å². The maximum absolute atomic E-state index is 13.1. The van der Waals surface area contributed by atoms with Crippen molar-refractivity contribution in [1.29, 1.82) is 0 Å². The summed E-state index contributed by atoms with van der Waals surface area (Å²) in [5.41, 5.74) is 0.918. The SMILES string of the molecule is CC(=O)Nc1ccc(S(=O)(=O)N(C)CC(=O)OCc2cccc(F)c2)cc1. The lowest BCUT2D eigenvalue weighted by Crippen LogP contribution is -2.33. The van der Waals surface area contributed by atoms with Gasteiger partial charge in [-0.25, -0.2) is 12.8 Å². The van der Waals surface area contributed by atoms with Crippen LogP contribution in [-0.2, 0) is 31.0 Å². The van der Waals surface area contributed by atoms with Crippen LogP contribution in [0.25, 0.3) is 0 Å². The van der Waals surface area contributed by atoms with E-state index in [9.17, 15) is 22.4 Å². The van der Waals surface area contributed by atoms with Gasteiger partial charge in [-0.15, -0.1) is 0 Å². The minimum Gasteiger partial charge on any atom is -0.460 e. The summed E-state index contributed by atoms with van der Waals surface area (Å²) in [7, 11) is -2.66. The largest absolute Gasteiger partial charge is 0.460 e. The van der Waals surface area contributed by atoms with Crippen LogP contribution in [0, 0.1) is 5.82 Å². The van der Waals surface area contributed by atoms with Crippen LogP contribution in [0.2, 0.25) is 0 Å². The molecule has 7 nitrogen and oxygen atoms in total. The molecule has 0 fully saturated rings. The number of rotatable bonds is 7. The lowest BCUT2D eigenvalue weighted by molar-refractivity contribution is -0.144. The van der Waals surface area contributed by atoms with Crippen molar-refractivity contribution in [2.45, 2.75) is 18.4 Å². The highest BCUT2D eigenvalue weighted by Crippen LogP contribution is 2.17. The molecule has 0 atom stereocenters. The first-order valence-corrected chi connectivity index (χ1v) is 9.36. The average molecular weight is 394 g/mol. The first kappa shape index (κ1) is 20.5. The number of amides is 1. The fraction of sp³-hybridized carbons (Fsp3) is 0.222. The molecule has 9 heteroatoms. The molecule has 0 aliphatic carbocycles. The summed E-state index contributed by atoms with van der Waals surface area (Å²) in [6, 6.07) is 11.1. The van der Waals surface area contributed by atoms with Crippen molar-refractivity contribution in [3.8, 4) is 0 Å². The summed E-state index contributed by atoms with van der Waals surface area (Å²) in [6.45, 7) is 0.689. The lowest BCUT2D eigenvalue weighted by atomic mass is 10.2. The van der Waals surface area contributed by atoms with Gasteiger partial charge >= 0.3 is 5.97 Å². The molecule has 0 spiro atoms. The van der Waals surface area contributed by atoms with Gasteiger partial charge in [0.25, 0.3) is 0 Å². The van der Waals surface area contributed by atoms with Gasteiger partial charge in [-0.3, -0.25) is 9.59 Å². The van der Waals surface area contributed by atoms with Crippen LogP contribution in [0.5, 0.6) is 0 Å². The number of carbonyl (C=O) groups is 2. The predicted molar refractivity (Wildman–Crippen MR) is 96.8 cm³/mol. The normalized spacial score (nSPS) is 11.3. The fourth-order valence-corrected chi connectivity index (χ4v) is 3.31. The molecule has 144 valence electrons. The molecular formula is C18H19FN2O5S. The smallest absolute Gasteiger partial charge is 0.321 e. The molecule has 0 bridgehead atoms. The predicted octanol–water partition coefficient (Wildman–Crippen LogP) is 2.15. The number of benzene rings is 2. The van der Waals surface area contributed by atoms with Gasteiger partial charge < -0.3 is 10.1 Å². The van der Waals surface area contributed by atoms with Crippen molar-refractivity contribution >= 4 is 27.6 Å². The summed E-state index contributed by atoms with van der Waals surface area (Å²) < 4.78 is 43.9. The van der Waals surface area contributed by atoms with Gasteiger partial charge in [-0.1, -0.05) is 12.1 Å². The van der Waals surface area contributed by atoms with Crippen LogP contribution in [-0.4, -0.2) is 38.2 Å². The molecule has 2 aromatic carbocycles. The Balaban J connectivity index is 1.97. The number of nitrogens with one attached hydrogen (secondary N) is 1. The van der Waals surface area contributed by atoms with Gasteiger partial charge in [0, 0.05) is 19.7 Å². The monoisotopic (exact) mass is 394 g/mol. The van der Waals surface area contributed by atoms with E-state index in [0.29, 0.717) is 11.3 Å². The summed E-state index contributed by atoms with van der Waals surface area (Å²) in [4.78, 5) is 22.9. The maximum Gasteiger partial charge on any atom is 0.321 e. The van der Waals surface area contributed by atoms with Crippen molar-refractivity contribution in [3.05, 3.63) is 59.9 Å². The first-order chi connectivity index (χ1) is 12.7. The Morgan fingerprint density at radius 1 is 1.15 bits per heavy atom. The Labute approximate surface area is 156 Å². The second kappa shape index (κ2) is 8.74. The van der Waals surface area contributed by atoms with Gasteiger partial charge in [-0.2, -0.15) is 4.31 Å². The molecule has 0 radical (unpaired) electrons. The molecule has 0 aliphatic rings. The quantitative estimate of drug-likeness (QED) is 0.727. The molecule has 0 saturated carbocycles. The zero-order valence-electron chi connectivity index (χ0n) is 14.8. The maximum atomic E-state index is 13.1. The highest BCUT2D eigenvalue weighted by molar-refractivity contribution is 7.89. The van der Waals surface area contributed by atoms with E-state index in [1.807, 2.05) is 0 Å². The molecule has 2 rings (SSSR count). The van der Waals surface area contributed by atoms with E-state index in [-0.39, 0.29) is 17.4 Å². The molecule has 0 aromatic heterocycles. The number of anilines is 1. The minimum absolute atomic E-state index is 0.0305. The summed E-state index contributed by atoms with van der Waals surface area (Å²) in [6.07, 6.45) is 0. The summed E-state index contributed by atoms with van der Waals surface area (Å²) in [5, 5.41) is 2.53. The molecular weight excluding hydrogens is 375 g/mol. The van der Waals surface area contributed by atoms with Crippen LogP contribution in [0.15, 0.2) is 53.4 Å². The average Bonchev–Trinajstić information content (AvgIpc) is 2.60. The Hall–Kier alpha value is -2.78. The molecule has 1 amide bonds. The zero-order valence-corrected chi connectivity index (χ0v) is 15.6. The van der Waals surface area contributed by atoms with Gasteiger partial charge in [-0.05, 0) is 42.0 Å². The second-order valence-corrected chi connectivity index (χ2v) is 7.80. The molecule has 2 aromatic rings. The van der Waals surface area contributed by atoms with Gasteiger partial charge in [0.2, 0.25) is 15.9 Å². The number of esters is 1. The van der Waals surface area contributed by atoms with E-state index >= 15 is 0 Å². The van der Waals surface area contributed by atoms with Crippen molar-refractivity contribution in [2.24, 2.45) is 0 Å². The third-order valence-corrected chi connectivity index (χ3v) is 5.34. The molecule has 0 aliphatic heterocycles. The van der Waals surface area contributed by atoms with Crippen LogP contribution >= 0.6 is 0 Å². The van der Waals surface area contributed by atoms with Crippen LogP contribution in [0.1, 0.15) is 12.5 Å². The first-order valence-electron chi connectivity index (χ1n) is 7.92. The standard InChI is InChI=1S/C18H19FN2O5S/c1-13(22)20-16-6-8-17(9-7-16)27(24,25)21(2)11-18(23)26-12-14-4-3-5-15(19)10-14/h3-10H,11-12H2,1-2H3,(H,20,22). The van der Waals surface area contributed by atoms with E-state index in [0.717, 1.165) is 4.31 Å². The number of hydrogen-bond donors (Lipinski definition) is 1. The van der Waals surface area contributed by atoms with Crippen LogP contribution in [0.3, 0.4) is 0 Å². The van der Waals surface area contributed by atoms with E-state index in [1.165, 1.54) is 56.4 Å². The number of sulfonamides is 1. The van der Waals surface area contributed by atoms with Crippen molar-refractivity contribution in [1.82, 2.24) is 4.31 Å². The number of nitrogens with zero attached hydrogens (tertiary/aromatic N) is 1.